The molecule has 0 aliphatic rings. The summed E-state index contributed by atoms with van der Waals surface area (Å²) in [5.41, 5.74) is 2.11. The number of hydrogen-bond donors (Lipinski definition) is 2. The second-order valence-corrected chi connectivity index (χ2v) is 5.43. The van der Waals surface area contributed by atoms with Crippen molar-refractivity contribution in [3.63, 3.8) is 0 Å². The summed E-state index contributed by atoms with van der Waals surface area (Å²) < 4.78 is 13.2. The van der Waals surface area contributed by atoms with E-state index in [1.165, 1.54) is 19.1 Å². The first kappa shape index (κ1) is 17.2. The molecule has 0 aliphatic carbocycles. The summed E-state index contributed by atoms with van der Waals surface area (Å²) in [6.45, 7) is 1.42. The van der Waals surface area contributed by atoms with Crippen molar-refractivity contribution in [2.75, 3.05) is 10.6 Å². The fraction of sp³-hybridized carbons (Fsp3) is 0.0526. The molecule has 0 fully saturated rings. The van der Waals surface area contributed by atoms with Crippen molar-refractivity contribution in [3.8, 4) is 0 Å². The van der Waals surface area contributed by atoms with Crippen LogP contribution in [0, 0.1) is 5.82 Å². The van der Waals surface area contributed by atoms with Crippen molar-refractivity contribution < 1.29 is 9.18 Å². The van der Waals surface area contributed by atoms with Crippen LogP contribution in [0.4, 0.5) is 21.8 Å². The molecule has 3 rings (SSSR count). The maximum atomic E-state index is 13.2. The van der Waals surface area contributed by atoms with Crippen LogP contribution in [0.1, 0.15) is 18.2 Å². The number of aromatic nitrogens is 3. The highest BCUT2D eigenvalue weighted by Crippen LogP contribution is 2.15. The number of nitrogens with one attached hydrogen (secondary N) is 2. The van der Waals surface area contributed by atoms with Gasteiger partial charge in [0.05, 0.1) is 17.6 Å². The number of rotatable bonds is 5. The van der Waals surface area contributed by atoms with Crippen LogP contribution in [-0.2, 0) is 4.79 Å². The first-order valence-electron chi connectivity index (χ1n) is 7.86. The molecule has 2 N–H and O–H groups in total. The Morgan fingerprint density at radius 2 is 2.00 bits per heavy atom. The molecular weight excluding hydrogens is 333 g/mol. The molecule has 26 heavy (non-hydrogen) atoms. The standard InChI is InChI=1S/C19H16FN5O/c1-13(26)23-18-8-7-17(12-22-18)25-19-21-10-9-16(24-19)6-5-14-3-2-4-15(20)11-14/h2-12H,1H3,(H,21,24,25)(H,22,23,26). The number of carbonyl (C=O) groups is 1. The normalized spacial score (nSPS) is 10.7. The Bertz CT molecular complexity index is 941. The van der Waals surface area contributed by atoms with E-state index >= 15 is 0 Å². The van der Waals surface area contributed by atoms with Gasteiger partial charge in [-0.25, -0.2) is 19.3 Å². The summed E-state index contributed by atoms with van der Waals surface area (Å²) in [4.78, 5) is 23.7. The van der Waals surface area contributed by atoms with Crippen molar-refractivity contribution in [1.29, 1.82) is 0 Å². The van der Waals surface area contributed by atoms with Gasteiger partial charge in [-0.1, -0.05) is 18.2 Å². The minimum atomic E-state index is -0.285. The molecule has 1 aromatic carbocycles. The average molecular weight is 349 g/mol. The van der Waals surface area contributed by atoms with Crippen molar-refractivity contribution in [2.45, 2.75) is 6.92 Å². The first-order chi connectivity index (χ1) is 12.6. The largest absolute Gasteiger partial charge is 0.323 e. The molecule has 6 nitrogen and oxygen atoms in total. The van der Waals surface area contributed by atoms with Gasteiger partial charge in [0, 0.05) is 13.1 Å². The Morgan fingerprint density at radius 1 is 1.12 bits per heavy atom. The van der Waals surface area contributed by atoms with Gasteiger partial charge in [-0.05, 0) is 42.0 Å². The second kappa shape index (κ2) is 7.98. The summed E-state index contributed by atoms with van der Waals surface area (Å²) in [5.74, 6) is 0.406. The summed E-state index contributed by atoms with van der Waals surface area (Å²) in [6, 6.07) is 11.5. The van der Waals surface area contributed by atoms with Gasteiger partial charge >= 0.3 is 0 Å². The van der Waals surface area contributed by atoms with Crippen LogP contribution in [0.5, 0.6) is 0 Å². The van der Waals surface area contributed by atoms with Crippen molar-refractivity contribution in [1.82, 2.24) is 15.0 Å². The second-order valence-electron chi connectivity index (χ2n) is 5.43. The number of halogens is 1. The molecule has 7 heteroatoms. The predicted octanol–water partition coefficient (Wildman–Crippen LogP) is 3.88. The fourth-order valence-corrected chi connectivity index (χ4v) is 2.17. The highest BCUT2D eigenvalue weighted by Gasteiger charge is 2.01. The lowest BCUT2D eigenvalue weighted by Gasteiger charge is -2.06. The first-order valence-corrected chi connectivity index (χ1v) is 7.86. The lowest BCUT2D eigenvalue weighted by molar-refractivity contribution is -0.114. The number of hydrogen-bond acceptors (Lipinski definition) is 5. The zero-order chi connectivity index (χ0) is 18.4. The lowest BCUT2D eigenvalue weighted by Crippen LogP contribution is -2.07. The van der Waals surface area contributed by atoms with Crippen LogP contribution in [0.2, 0.25) is 0 Å². The van der Waals surface area contributed by atoms with E-state index in [1.54, 1.807) is 48.8 Å². The van der Waals surface area contributed by atoms with Gasteiger partial charge in [0.15, 0.2) is 0 Å². The molecule has 0 radical (unpaired) electrons. The third kappa shape index (κ3) is 4.94. The van der Waals surface area contributed by atoms with Crippen LogP contribution in [0.3, 0.4) is 0 Å². The molecule has 0 atom stereocenters. The van der Waals surface area contributed by atoms with Crippen LogP contribution in [-0.4, -0.2) is 20.9 Å². The third-order valence-corrected chi connectivity index (χ3v) is 3.30. The van der Waals surface area contributed by atoms with Crippen LogP contribution < -0.4 is 10.6 Å². The molecule has 2 heterocycles. The summed E-state index contributed by atoms with van der Waals surface area (Å²) >= 11 is 0. The van der Waals surface area contributed by atoms with Gasteiger partial charge in [0.25, 0.3) is 0 Å². The van der Waals surface area contributed by atoms with E-state index in [-0.39, 0.29) is 11.7 Å². The van der Waals surface area contributed by atoms with E-state index in [2.05, 4.69) is 25.6 Å². The minimum absolute atomic E-state index is 0.181. The number of nitrogens with zero attached hydrogens (tertiary/aromatic N) is 3. The summed E-state index contributed by atoms with van der Waals surface area (Å²) in [5, 5.41) is 5.64. The van der Waals surface area contributed by atoms with Gasteiger partial charge in [0.1, 0.15) is 11.6 Å². The van der Waals surface area contributed by atoms with E-state index in [1.807, 2.05) is 6.07 Å². The molecule has 0 spiro atoms. The molecule has 1 amide bonds. The number of carbonyl (C=O) groups excluding carboxylic acids is 1. The fourth-order valence-electron chi connectivity index (χ4n) is 2.17. The smallest absolute Gasteiger partial charge is 0.227 e. The molecule has 0 aliphatic heterocycles. The molecule has 0 unspecified atom stereocenters. The minimum Gasteiger partial charge on any atom is -0.323 e. The number of anilines is 3. The van der Waals surface area contributed by atoms with Crippen LogP contribution >= 0.6 is 0 Å². The zero-order valence-corrected chi connectivity index (χ0v) is 14.0. The van der Waals surface area contributed by atoms with E-state index < -0.39 is 0 Å². The third-order valence-electron chi connectivity index (χ3n) is 3.30. The molecule has 0 bridgehead atoms. The van der Waals surface area contributed by atoms with E-state index in [9.17, 15) is 9.18 Å². The molecular formula is C19H16FN5O. The van der Waals surface area contributed by atoms with Crippen LogP contribution in [0.15, 0.2) is 54.9 Å². The number of pyridine rings is 1. The van der Waals surface area contributed by atoms with Gasteiger partial charge < -0.3 is 10.6 Å². The zero-order valence-electron chi connectivity index (χ0n) is 14.0. The summed E-state index contributed by atoms with van der Waals surface area (Å²) in [6.07, 6.45) is 6.75. The molecule has 0 saturated carbocycles. The maximum Gasteiger partial charge on any atom is 0.227 e. The Balaban J connectivity index is 1.70. The Hall–Kier alpha value is -3.61. The number of benzene rings is 1. The molecule has 130 valence electrons. The van der Waals surface area contributed by atoms with E-state index in [0.717, 1.165) is 5.56 Å². The van der Waals surface area contributed by atoms with Crippen molar-refractivity contribution in [3.05, 3.63) is 71.9 Å². The quantitative estimate of drug-likeness (QED) is 0.731. The highest BCUT2D eigenvalue weighted by molar-refractivity contribution is 5.87. The van der Waals surface area contributed by atoms with Gasteiger partial charge in [0.2, 0.25) is 11.9 Å². The Morgan fingerprint density at radius 3 is 2.73 bits per heavy atom. The van der Waals surface area contributed by atoms with E-state index in [0.29, 0.717) is 23.1 Å². The lowest BCUT2D eigenvalue weighted by atomic mass is 10.2. The Labute approximate surface area is 149 Å². The molecule has 3 aromatic rings. The average Bonchev–Trinajstić information content (AvgIpc) is 2.62. The molecule has 2 aromatic heterocycles. The van der Waals surface area contributed by atoms with Gasteiger partial charge in [-0.15, -0.1) is 0 Å². The Kier molecular flexibility index (Phi) is 5.28. The number of amides is 1. The predicted molar refractivity (Wildman–Crippen MR) is 99.2 cm³/mol. The van der Waals surface area contributed by atoms with E-state index in [4.69, 9.17) is 0 Å². The van der Waals surface area contributed by atoms with Crippen molar-refractivity contribution in [2.24, 2.45) is 0 Å². The van der Waals surface area contributed by atoms with Gasteiger partial charge in [-0.2, -0.15) is 0 Å². The highest BCUT2D eigenvalue weighted by atomic mass is 19.1. The topological polar surface area (TPSA) is 79.8 Å². The molecule has 0 saturated heterocycles. The van der Waals surface area contributed by atoms with Gasteiger partial charge in [-0.3, -0.25) is 4.79 Å². The SMILES string of the molecule is CC(=O)Nc1ccc(Nc2nccc(C=Cc3cccc(F)c3)n2)cn1. The van der Waals surface area contributed by atoms with Crippen molar-refractivity contribution >= 4 is 35.5 Å². The monoisotopic (exact) mass is 349 g/mol. The maximum absolute atomic E-state index is 13.2. The summed E-state index contributed by atoms with van der Waals surface area (Å²) in [7, 11) is 0. The van der Waals surface area contributed by atoms with Crippen LogP contribution in [0.25, 0.3) is 12.2 Å².